The monoisotopic (exact) mass is 359 g/mol. The fourth-order valence-corrected chi connectivity index (χ4v) is 5.10. The SMILES string of the molecule is COC(=O)CC1CN(S(=O)(=O)c2cc(C)ccc2C)c2ccccc21. The second kappa shape index (κ2) is 6.52. The number of rotatable bonds is 4. The number of carbonyl (C=O) groups is 1. The predicted octanol–water partition coefficient (Wildman–Crippen LogP) is 3.16. The van der Waals surface area contributed by atoms with Crippen molar-refractivity contribution in [1.29, 1.82) is 0 Å². The molecule has 1 heterocycles. The molecule has 0 bridgehead atoms. The van der Waals surface area contributed by atoms with Crippen LogP contribution >= 0.6 is 0 Å². The van der Waals surface area contributed by atoms with Gasteiger partial charge in [0.05, 0.1) is 24.1 Å². The van der Waals surface area contributed by atoms with E-state index < -0.39 is 10.0 Å². The van der Waals surface area contributed by atoms with Gasteiger partial charge in [-0.1, -0.05) is 30.3 Å². The zero-order valence-electron chi connectivity index (χ0n) is 14.5. The van der Waals surface area contributed by atoms with Crippen LogP contribution in [0, 0.1) is 13.8 Å². The molecule has 0 N–H and O–H groups in total. The molecule has 3 rings (SSSR count). The number of fused-ring (bicyclic) bond motifs is 1. The van der Waals surface area contributed by atoms with Gasteiger partial charge in [-0.2, -0.15) is 0 Å². The van der Waals surface area contributed by atoms with Gasteiger partial charge in [-0.05, 0) is 42.7 Å². The van der Waals surface area contributed by atoms with E-state index in [1.54, 1.807) is 19.1 Å². The van der Waals surface area contributed by atoms with Crippen LogP contribution in [-0.2, 0) is 19.6 Å². The van der Waals surface area contributed by atoms with Crippen molar-refractivity contribution in [3.05, 3.63) is 59.2 Å². The third-order valence-corrected chi connectivity index (χ3v) is 6.51. The summed E-state index contributed by atoms with van der Waals surface area (Å²) in [5.41, 5.74) is 3.10. The van der Waals surface area contributed by atoms with Crippen molar-refractivity contribution in [2.24, 2.45) is 0 Å². The second-order valence-electron chi connectivity index (χ2n) is 6.34. The Bertz CT molecular complexity index is 921. The highest BCUT2D eigenvalue weighted by atomic mass is 32.2. The first-order chi connectivity index (χ1) is 11.8. The maximum absolute atomic E-state index is 13.3. The topological polar surface area (TPSA) is 63.7 Å². The lowest BCUT2D eigenvalue weighted by molar-refractivity contribution is -0.140. The van der Waals surface area contributed by atoms with E-state index in [4.69, 9.17) is 4.74 Å². The largest absolute Gasteiger partial charge is 0.469 e. The van der Waals surface area contributed by atoms with Crippen molar-refractivity contribution in [1.82, 2.24) is 0 Å². The van der Waals surface area contributed by atoms with E-state index in [1.807, 2.05) is 37.3 Å². The maximum atomic E-state index is 13.3. The summed E-state index contributed by atoms with van der Waals surface area (Å²) in [6.07, 6.45) is 0.159. The van der Waals surface area contributed by atoms with Gasteiger partial charge in [0, 0.05) is 12.5 Å². The van der Waals surface area contributed by atoms with Crippen molar-refractivity contribution < 1.29 is 17.9 Å². The lowest BCUT2D eigenvalue weighted by Gasteiger charge is -2.21. The molecule has 0 radical (unpaired) electrons. The number of para-hydroxylation sites is 1. The number of benzene rings is 2. The van der Waals surface area contributed by atoms with Gasteiger partial charge < -0.3 is 4.74 Å². The lowest BCUT2D eigenvalue weighted by atomic mass is 9.98. The number of hydrogen-bond acceptors (Lipinski definition) is 4. The molecule has 0 fully saturated rings. The van der Waals surface area contributed by atoms with Gasteiger partial charge >= 0.3 is 5.97 Å². The third-order valence-electron chi connectivity index (χ3n) is 4.58. The van der Waals surface area contributed by atoms with Crippen LogP contribution in [0.25, 0.3) is 0 Å². The fraction of sp³-hybridized carbons (Fsp3) is 0.316. The second-order valence-corrected chi connectivity index (χ2v) is 8.17. The van der Waals surface area contributed by atoms with Crippen molar-refractivity contribution in [3.63, 3.8) is 0 Å². The lowest BCUT2D eigenvalue weighted by Crippen LogP contribution is -2.31. The van der Waals surface area contributed by atoms with Gasteiger partial charge in [0.15, 0.2) is 0 Å². The molecule has 1 aliphatic heterocycles. The molecule has 0 aromatic heterocycles. The summed E-state index contributed by atoms with van der Waals surface area (Å²) >= 11 is 0. The summed E-state index contributed by atoms with van der Waals surface area (Å²) in [5.74, 6) is -0.547. The molecular formula is C19H21NO4S. The molecule has 132 valence electrons. The average Bonchev–Trinajstić information content (AvgIpc) is 2.96. The Morgan fingerprint density at radius 1 is 1.20 bits per heavy atom. The fourth-order valence-electron chi connectivity index (χ4n) is 3.25. The van der Waals surface area contributed by atoms with Crippen molar-refractivity contribution >= 4 is 21.7 Å². The van der Waals surface area contributed by atoms with Gasteiger partial charge in [0.1, 0.15) is 0 Å². The molecular weight excluding hydrogens is 338 g/mol. The van der Waals surface area contributed by atoms with Crippen molar-refractivity contribution in [3.8, 4) is 0 Å². The van der Waals surface area contributed by atoms with Crippen LogP contribution in [0.2, 0.25) is 0 Å². The molecule has 2 aromatic carbocycles. The number of anilines is 1. The van der Waals surface area contributed by atoms with Crippen LogP contribution in [0.4, 0.5) is 5.69 Å². The van der Waals surface area contributed by atoms with Gasteiger partial charge in [-0.15, -0.1) is 0 Å². The Morgan fingerprint density at radius 2 is 1.92 bits per heavy atom. The van der Waals surface area contributed by atoms with E-state index in [-0.39, 0.29) is 24.9 Å². The summed E-state index contributed by atoms with van der Waals surface area (Å²) in [6, 6.07) is 12.7. The Kier molecular flexibility index (Phi) is 4.56. The first kappa shape index (κ1) is 17.5. The number of hydrogen-bond donors (Lipinski definition) is 0. The Hall–Kier alpha value is -2.34. The molecule has 0 saturated heterocycles. The first-order valence-corrected chi connectivity index (χ1v) is 9.54. The number of ether oxygens (including phenoxy) is 1. The van der Waals surface area contributed by atoms with Crippen molar-refractivity contribution in [2.45, 2.75) is 31.1 Å². The molecule has 0 amide bonds. The van der Waals surface area contributed by atoms with Crippen LogP contribution in [0.15, 0.2) is 47.4 Å². The Morgan fingerprint density at radius 3 is 2.64 bits per heavy atom. The van der Waals surface area contributed by atoms with E-state index in [0.717, 1.165) is 11.1 Å². The minimum absolute atomic E-state index is 0.159. The highest BCUT2D eigenvalue weighted by Gasteiger charge is 2.37. The summed E-state index contributed by atoms with van der Waals surface area (Å²) in [7, 11) is -2.36. The molecule has 1 atom stereocenters. The number of sulfonamides is 1. The highest BCUT2D eigenvalue weighted by Crippen LogP contribution is 2.41. The number of methoxy groups -OCH3 is 1. The molecule has 5 nitrogen and oxygen atoms in total. The van der Waals surface area contributed by atoms with E-state index in [1.165, 1.54) is 11.4 Å². The average molecular weight is 359 g/mol. The summed E-state index contributed by atoms with van der Waals surface area (Å²) < 4.78 is 32.7. The van der Waals surface area contributed by atoms with Gasteiger partial charge in [0.25, 0.3) is 10.0 Å². The predicted molar refractivity (Wildman–Crippen MR) is 96.3 cm³/mol. The zero-order valence-corrected chi connectivity index (χ0v) is 15.3. The Balaban J connectivity index is 2.05. The van der Waals surface area contributed by atoms with Gasteiger partial charge in [0.2, 0.25) is 0 Å². The molecule has 1 aliphatic rings. The highest BCUT2D eigenvalue weighted by molar-refractivity contribution is 7.93. The molecule has 6 heteroatoms. The Labute approximate surface area is 148 Å². The van der Waals surface area contributed by atoms with Crippen LogP contribution in [0.3, 0.4) is 0 Å². The molecule has 0 spiro atoms. The van der Waals surface area contributed by atoms with Crippen LogP contribution in [-0.4, -0.2) is 28.0 Å². The molecule has 2 aromatic rings. The van der Waals surface area contributed by atoms with E-state index in [9.17, 15) is 13.2 Å². The molecule has 0 aliphatic carbocycles. The standard InChI is InChI=1S/C19H21NO4S/c1-13-8-9-14(2)18(10-13)25(22,23)20-12-15(11-19(21)24-3)16-6-4-5-7-17(16)20/h4-10,15H,11-12H2,1-3H3. The third kappa shape index (κ3) is 3.14. The van der Waals surface area contributed by atoms with E-state index >= 15 is 0 Å². The smallest absolute Gasteiger partial charge is 0.306 e. The summed E-state index contributed by atoms with van der Waals surface area (Å²) in [4.78, 5) is 12.0. The van der Waals surface area contributed by atoms with Crippen molar-refractivity contribution in [2.75, 3.05) is 18.0 Å². The van der Waals surface area contributed by atoms with Crippen LogP contribution in [0.1, 0.15) is 29.0 Å². The summed E-state index contributed by atoms with van der Waals surface area (Å²) in [5, 5.41) is 0. The number of esters is 1. The number of carbonyl (C=O) groups excluding carboxylic acids is 1. The number of aryl methyl sites for hydroxylation is 2. The first-order valence-electron chi connectivity index (χ1n) is 8.10. The minimum Gasteiger partial charge on any atom is -0.469 e. The van der Waals surface area contributed by atoms with E-state index in [0.29, 0.717) is 16.1 Å². The minimum atomic E-state index is -3.70. The van der Waals surface area contributed by atoms with Crippen LogP contribution in [0.5, 0.6) is 0 Å². The number of nitrogens with zero attached hydrogens (tertiary/aromatic N) is 1. The van der Waals surface area contributed by atoms with Crippen LogP contribution < -0.4 is 4.31 Å². The molecule has 1 unspecified atom stereocenters. The van der Waals surface area contributed by atoms with E-state index in [2.05, 4.69) is 0 Å². The maximum Gasteiger partial charge on any atom is 0.306 e. The zero-order chi connectivity index (χ0) is 18.2. The molecule has 0 saturated carbocycles. The normalized spacial score (nSPS) is 16.6. The van der Waals surface area contributed by atoms with Gasteiger partial charge in [-0.25, -0.2) is 8.42 Å². The molecule has 25 heavy (non-hydrogen) atoms. The van der Waals surface area contributed by atoms with Gasteiger partial charge in [-0.3, -0.25) is 9.10 Å². The summed E-state index contributed by atoms with van der Waals surface area (Å²) in [6.45, 7) is 3.90. The quantitative estimate of drug-likeness (QED) is 0.787.